The molecule has 9 heterocycles. The maximum Gasteiger partial charge on any atom is 0.146 e. The molecule has 132 heavy (non-hydrogen) atoms. The lowest BCUT2D eigenvalue weighted by atomic mass is 9.86. The van der Waals surface area contributed by atoms with Crippen LogP contribution in [0, 0.1) is 0 Å². The van der Waals surface area contributed by atoms with E-state index >= 15 is 0 Å². The zero-order valence-corrected chi connectivity index (χ0v) is 73.1. The monoisotopic (exact) mass is 1690 g/mol. The summed E-state index contributed by atoms with van der Waals surface area (Å²) in [6.07, 6.45) is 1.85. The summed E-state index contributed by atoms with van der Waals surface area (Å²) in [5.41, 5.74) is 28.4. The standard InChI is InChI=1S/2C33H22N2.C31H26N2.C26H17N3/c1-2-10-23(11-3-1)24-18-20-25(21-19-24)30-22-33(28-14-4-7-15-29(28)34-30)35-31-16-8-5-12-26(31)27-13-6-9-17-32(27)35;1-2-10-23(11-3-1)24-18-20-25(21-19-24)29-22-33(34-30-15-7-4-12-26(29)30)35-31-16-8-5-13-27(31)28-14-6-9-17-32(28)35;1-31(2,3)23-18-16-21(17-19-23)26-20-22-10-4-7-13-27(22)32-30(26)33-28-14-8-5-11-24(28)25-12-6-9-15-29(25)33;1-2-9-19-18(8-1)16-17-27-26(19)22-12-7-15-25(28-22)29-23-13-5-3-10-20(23)21-11-4-6-14-24(21)29/h2*1-22H;4-20H,1-3H3;1-17H. The molecule has 0 aliphatic heterocycles. The number of hydrogen-bond acceptors (Lipinski definition) is 5. The molecule has 0 atom stereocenters. The molecule has 0 saturated carbocycles. The summed E-state index contributed by atoms with van der Waals surface area (Å²) in [5.74, 6) is 2.80. The van der Waals surface area contributed by atoms with Crippen molar-refractivity contribution in [3.05, 3.63) is 479 Å². The molecule has 0 N–H and O–H groups in total. The van der Waals surface area contributed by atoms with E-state index < -0.39 is 0 Å². The van der Waals surface area contributed by atoms with Crippen LogP contribution in [0.15, 0.2) is 473 Å². The molecule has 0 spiro atoms. The molecular weight excluding hydrogens is 1600 g/mol. The second-order valence-electron chi connectivity index (χ2n) is 34.6. The van der Waals surface area contributed by atoms with Gasteiger partial charge in [-0.1, -0.05) is 385 Å². The molecule has 0 unspecified atom stereocenters. The topological polar surface area (TPSA) is 84.2 Å². The van der Waals surface area contributed by atoms with Crippen molar-refractivity contribution >= 4 is 131 Å². The van der Waals surface area contributed by atoms with Gasteiger partial charge in [0.2, 0.25) is 0 Å². The lowest BCUT2D eigenvalue weighted by molar-refractivity contribution is 0.590. The largest absolute Gasteiger partial charge is 0.308 e. The minimum Gasteiger partial charge on any atom is -0.308 e. The number of pyridine rings is 5. The second kappa shape index (κ2) is 33.8. The van der Waals surface area contributed by atoms with Crippen molar-refractivity contribution < 1.29 is 0 Å². The van der Waals surface area contributed by atoms with Crippen molar-refractivity contribution in [1.29, 1.82) is 0 Å². The highest BCUT2D eigenvalue weighted by Crippen LogP contribution is 2.43. The van der Waals surface area contributed by atoms with Gasteiger partial charge in [0.05, 0.1) is 83.5 Å². The van der Waals surface area contributed by atoms with Gasteiger partial charge in [-0.25, -0.2) is 19.9 Å². The van der Waals surface area contributed by atoms with E-state index in [0.29, 0.717) is 0 Å². The van der Waals surface area contributed by atoms with Gasteiger partial charge in [-0.05, 0) is 158 Å². The fourth-order valence-electron chi connectivity index (χ4n) is 19.3. The molecular formula is C123H87N9. The predicted octanol–water partition coefficient (Wildman–Crippen LogP) is 32.0. The highest BCUT2D eigenvalue weighted by molar-refractivity contribution is 6.14. The Morgan fingerprint density at radius 2 is 0.568 bits per heavy atom. The van der Waals surface area contributed by atoms with Gasteiger partial charge in [0.15, 0.2) is 0 Å². The zero-order chi connectivity index (χ0) is 88.2. The zero-order valence-electron chi connectivity index (χ0n) is 73.1. The number of benzene rings is 17. The third kappa shape index (κ3) is 14.6. The third-order valence-electron chi connectivity index (χ3n) is 25.6. The van der Waals surface area contributed by atoms with Crippen LogP contribution in [-0.4, -0.2) is 43.2 Å². The molecule has 0 aliphatic carbocycles. The van der Waals surface area contributed by atoms with Crippen molar-refractivity contribution in [3.8, 4) is 90.3 Å². The Morgan fingerprint density at radius 1 is 0.205 bits per heavy atom. The van der Waals surface area contributed by atoms with Crippen LogP contribution in [0.4, 0.5) is 0 Å². The number of aromatic nitrogens is 9. The average Bonchev–Trinajstić information content (AvgIpc) is 1.60. The molecule has 0 radical (unpaired) electrons. The molecule has 0 aliphatic rings. The van der Waals surface area contributed by atoms with Crippen molar-refractivity contribution in [1.82, 2.24) is 43.2 Å². The van der Waals surface area contributed by atoms with Crippen LogP contribution >= 0.6 is 0 Å². The summed E-state index contributed by atoms with van der Waals surface area (Å²) in [7, 11) is 0. The third-order valence-corrected chi connectivity index (χ3v) is 25.6. The molecule has 0 amide bonds. The molecule has 0 bridgehead atoms. The normalized spacial score (nSPS) is 11.6. The van der Waals surface area contributed by atoms with E-state index in [1.807, 2.05) is 36.5 Å². The van der Waals surface area contributed by atoms with Crippen molar-refractivity contribution in [2.75, 3.05) is 0 Å². The number of nitrogens with zero attached hydrogens (tertiary/aromatic N) is 9. The summed E-state index contributed by atoms with van der Waals surface area (Å²) in [5, 5.41) is 15.7. The van der Waals surface area contributed by atoms with Gasteiger partial charge in [-0.3, -0.25) is 18.7 Å². The number of rotatable bonds is 10. The van der Waals surface area contributed by atoms with Crippen LogP contribution in [0.1, 0.15) is 26.3 Å². The summed E-state index contributed by atoms with van der Waals surface area (Å²) in [6, 6.07) is 165. The summed E-state index contributed by atoms with van der Waals surface area (Å²) >= 11 is 0. The Labute approximate surface area is 764 Å². The molecule has 26 aromatic rings. The van der Waals surface area contributed by atoms with Crippen LogP contribution in [0.2, 0.25) is 0 Å². The maximum absolute atomic E-state index is 5.23. The Balaban J connectivity index is 0.000000100. The molecule has 0 fully saturated rings. The van der Waals surface area contributed by atoms with E-state index in [1.165, 1.54) is 126 Å². The minimum absolute atomic E-state index is 0.121. The fourth-order valence-corrected chi connectivity index (χ4v) is 19.3. The van der Waals surface area contributed by atoms with Crippen molar-refractivity contribution in [2.24, 2.45) is 0 Å². The first kappa shape index (κ1) is 79.4. The Bertz CT molecular complexity index is 8640. The molecule has 9 aromatic heterocycles. The minimum atomic E-state index is 0.121. The van der Waals surface area contributed by atoms with Crippen LogP contribution in [0.5, 0.6) is 0 Å². The number of fused-ring (bicyclic) bond motifs is 16. The van der Waals surface area contributed by atoms with Crippen molar-refractivity contribution in [3.63, 3.8) is 0 Å². The van der Waals surface area contributed by atoms with Gasteiger partial charge in [-0.15, -0.1) is 0 Å². The van der Waals surface area contributed by atoms with E-state index in [0.717, 1.165) is 100 Å². The SMILES string of the molecule is CC(C)(C)c1ccc(-c2cc3ccccc3nc2-n2c3ccccc3c3ccccc32)cc1.c1cc(-c2nccc3ccccc23)nc(-n2c3ccccc3c3ccccc32)c1.c1ccc(-c2ccc(-c3cc(-n4c5ccccc5c5ccccc54)c4ccccc4n3)cc2)cc1.c1ccc(-c2ccc(-c3cc(-n4c5ccccc5c5ccccc54)nc4ccccc34)cc2)cc1. The Kier molecular flexibility index (Phi) is 20.3. The highest BCUT2D eigenvalue weighted by Gasteiger charge is 2.24. The molecule has 26 rings (SSSR count). The molecule has 9 heteroatoms. The van der Waals surface area contributed by atoms with E-state index in [2.05, 4.69) is 481 Å². The van der Waals surface area contributed by atoms with Crippen LogP contribution < -0.4 is 0 Å². The lowest BCUT2D eigenvalue weighted by Gasteiger charge is -2.20. The summed E-state index contributed by atoms with van der Waals surface area (Å²) in [4.78, 5) is 25.1. The Hall–Kier alpha value is -17.3. The molecule has 17 aromatic carbocycles. The number of para-hydroxylation sites is 11. The maximum atomic E-state index is 5.23. The molecule has 624 valence electrons. The average molecular weight is 1690 g/mol. The van der Waals surface area contributed by atoms with Gasteiger partial charge in [0, 0.05) is 82.0 Å². The summed E-state index contributed by atoms with van der Waals surface area (Å²) in [6.45, 7) is 6.76. The van der Waals surface area contributed by atoms with E-state index in [4.69, 9.17) is 19.9 Å². The van der Waals surface area contributed by atoms with Crippen LogP contribution in [-0.2, 0) is 5.41 Å². The van der Waals surface area contributed by atoms with Gasteiger partial charge < -0.3 is 4.57 Å². The first-order chi connectivity index (χ1) is 65.1. The van der Waals surface area contributed by atoms with Gasteiger partial charge in [-0.2, -0.15) is 0 Å². The molecule has 0 saturated heterocycles. The first-order valence-electron chi connectivity index (χ1n) is 45.0. The highest BCUT2D eigenvalue weighted by atomic mass is 15.1. The van der Waals surface area contributed by atoms with E-state index in [1.54, 1.807) is 0 Å². The number of hydrogen-bond donors (Lipinski definition) is 0. The van der Waals surface area contributed by atoms with E-state index in [-0.39, 0.29) is 5.41 Å². The summed E-state index contributed by atoms with van der Waals surface area (Å²) < 4.78 is 9.23. The van der Waals surface area contributed by atoms with E-state index in [9.17, 15) is 0 Å². The van der Waals surface area contributed by atoms with Gasteiger partial charge >= 0.3 is 0 Å². The van der Waals surface area contributed by atoms with Crippen LogP contribution in [0.3, 0.4) is 0 Å². The smallest absolute Gasteiger partial charge is 0.146 e. The lowest BCUT2D eigenvalue weighted by Crippen LogP contribution is -2.10. The second-order valence-corrected chi connectivity index (χ2v) is 34.6. The fraction of sp³-hybridized carbons (Fsp3) is 0.0325. The van der Waals surface area contributed by atoms with Crippen LogP contribution in [0.25, 0.3) is 221 Å². The predicted molar refractivity (Wildman–Crippen MR) is 553 cm³/mol. The van der Waals surface area contributed by atoms with Crippen molar-refractivity contribution in [2.45, 2.75) is 26.2 Å². The van der Waals surface area contributed by atoms with Gasteiger partial charge in [0.1, 0.15) is 17.5 Å². The molecule has 9 nitrogen and oxygen atoms in total. The Morgan fingerprint density at radius 3 is 1.06 bits per heavy atom. The van der Waals surface area contributed by atoms with Gasteiger partial charge in [0.25, 0.3) is 0 Å². The first-order valence-corrected chi connectivity index (χ1v) is 45.0. The quantitative estimate of drug-likeness (QED) is 0.136.